The molecule has 0 aliphatic rings. The Labute approximate surface area is 199 Å². The number of benzene rings is 2. The molecule has 0 radical (unpaired) electrons. The van der Waals surface area contributed by atoms with E-state index in [1.165, 1.54) is 4.68 Å². The number of halogens is 1. The highest BCUT2D eigenvalue weighted by Gasteiger charge is 2.15. The molecule has 33 heavy (non-hydrogen) atoms. The number of aromatic nitrogens is 3. The number of aryl methyl sites for hydroxylation is 1. The van der Waals surface area contributed by atoms with Crippen LogP contribution in [0, 0.1) is 13.8 Å². The summed E-state index contributed by atoms with van der Waals surface area (Å²) in [7, 11) is 0. The Morgan fingerprint density at radius 1 is 1.12 bits per heavy atom. The van der Waals surface area contributed by atoms with E-state index < -0.39 is 0 Å². The summed E-state index contributed by atoms with van der Waals surface area (Å²) in [6, 6.07) is 16.4. The van der Waals surface area contributed by atoms with Gasteiger partial charge in [0.05, 0.1) is 17.1 Å². The third kappa shape index (κ3) is 4.52. The van der Waals surface area contributed by atoms with Crippen molar-refractivity contribution in [1.82, 2.24) is 14.3 Å². The van der Waals surface area contributed by atoms with Gasteiger partial charge in [-0.05, 0) is 50.2 Å². The van der Waals surface area contributed by atoms with Gasteiger partial charge in [-0.3, -0.25) is 19.7 Å². The third-order valence-electron chi connectivity index (χ3n) is 5.38. The molecule has 1 N–H and O–H groups in total. The van der Waals surface area contributed by atoms with Crippen molar-refractivity contribution < 1.29 is 4.79 Å². The second-order valence-corrected chi connectivity index (χ2v) is 9.03. The van der Waals surface area contributed by atoms with Crippen LogP contribution in [0.1, 0.15) is 52.9 Å². The van der Waals surface area contributed by atoms with Gasteiger partial charge in [-0.2, -0.15) is 9.78 Å². The van der Waals surface area contributed by atoms with E-state index in [9.17, 15) is 9.59 Å². The fraction of sp³-hybridized carbons (Fsp3) is 0.200. The molecular formula is C25H24BrN5O2. The minimum absolute atomic E-state index is 0.000452. The number of amides is 1. The normalized spacial score (nSPS) is 11.6. The molecule has 0 bridgehead atoms. The molecule has 4 rings (SSSR count). The molecule has 0 atom stereocenters. The molecule has 0 aliphatic heterocycles. The Bertz CT molecular complexity index is 1430. The Morgan fingerprint density at radius 2 is 1.85 bits per heavy atom. The van der Waals surface area contributed by atoms with Gasteiger partial charge >= 0.3 is 0 Å². The maximum Gasteiger partial charge on any atom is 0.282 e. The van der Waals surface area contributed by atoms with E-state index in [0.717, 1.165) is 21.4 Å². The molecule has 4 aromatic rings. The average molecular weight is 506 g/mol. The van der Waals surface area contributed by atoms with Gasteiger partial charge in [-0.1, -0.05) is 48.0 Å². The summed E-state index contributed by atoms with van der Waals surface area (Å²) in [5.74, 6) is 0.376. The summed E-state index contributed by atoms with van der Waals surface area (Å²) >= 11 is 3.42. The number of hydrogen-bond donors (Lipinski definition) is 1. The van der Waals surface area contributed by atoms with E-state index in [1.54, 1.807) is 29.1 Å². The Hall–Kier alpha value is -3.52. The predicted octanol–water partition coefficient (Wildman–Crippen LogP) is 4.97. The van der Waals surface area contributed by atoms with Crippen molar-refractivity contribution in [3.63, 3.8) is 0 Å². The smallest absolute Gasteiger partial charge is 0.267 e. The molecular weight excluding hydrogens is 482 g/mol. The fourth-order valence-corrected chi connectivity index (χ4v) is 3.98. The summed E-state index contributed by atoms with van der Waals surface area (Å²) in [4.78, 5) is 30.5. The van der Waals surface area contributed by atoms with Crippen molar-refractivity contribution >= 4 is 39.0 Å². The SMILES string of the molecule is Cc1cc(C=Nn2c(C(C)C)nc3ccc(Br)cc3c2=O)c(C)n1NC(=O)c1ccccc1. The number of nitrogens with one attached hydrogen (secondary N) is 1. The minimum Gasteiger partial charge on any atom is -0.267 e. The van der Waals surface area contributed by atoms with Crippen LogP contribution in [0.5, 0.6) is 0 Å². The van der Waals surface area contributed by atoms with Crippen LogP contribution in [0.15, 0.2) is 69.0 Å². The molecule has 0 saturated carbocycles. The van der Waals surface area contributed by atoms with Gasteiger partial charge in [0.1, 0.15) is 5.82 Å². The van der Waals surface area contributed by atoms with E-state index >= 15 is 0 Å². The zero-order valence-corrected chi connectivity index (χ0v) is 20.4. The Balaban J connectivity index is 1.72. The van der Waals surface area contributed by atoms with Crippen LogP contribution < -0.4 is 11.0 Å². The molecule has 0 unspecified atom stereocenters. The van der Waals surface area contributed by atoms with E-state index in [0.29, 0.717) is 22.3 Å². The van der Waals surface area contributed by atoms with Crippen molar-refractivity contribution in [3.05, 3.63) is 97.8 Å². The first-order valence-electron chi connectivity index (χ1n) is 10.6. The molecule has 0 fully saturated rings. The van der Waals surface area contributed by atoms with Gasteiger partial charge in [0.25, 0.3) is 11.5 Å². The zero-order chi connectivity index (χ0) is 23.7. The van der Waals surface area contributed by atoms with Gasteiger partial charge in [0.15, 0.2) is 0 Å². The first-order chi connectivity index (χ1) is 15.8. The number of rotatable bonds is 5. The summed E-state index contributed by atoms with van der Waals surface area (Å²) in [5.41, 5.74) is 6.33. The monoisotopic (exact) mass is 505 g/mol. The summed E-state index contributed by atoms with van der Waals surface area (Å²) in [5, 5.41) is 5.00. The van der Waals surface area contributed by atoms with Crippen LogP contribution in [0.4, 0.5) is 0 Å². The lowest BCUT2D eigenvalue weighted by atomic mass is 10.2. The highest BCUT2D eigenvalue weighted by atomic mass is 79.9. The second kappa shape index (κ2) is 9.15. The van der Waals surface area contributed by atoms with Gasteiger partial charge in [-0.15, -0.1) is 0 Å². The summed E-state index contributed by atoms with van der Waals surface area (Å²) in [6.45, 7) is 7.74. The molecule has 2 aromatic carbocycles. The van der Waals surface area contributed by atoms with Gasteiger partial charge in [0.2, 0.25) is 0 Å². The molecule has 0 aliphatic carbocycles. The Morgan fingerprint density at radius 3 is 2.55 bits per heavy atom. The van der Waals surface area contributed by atoms with Crippen LogP contribution in [-0.2, 0) is 0 Å². The van der Waals surface area contributed by atoms with Crippen molar-refractivity contribution in [2.24, 2.45) is 5.10 Å². The van der Waals surface area contributed by atoms with E-state index in [2.05, 4.69) is 31.4 Å². The van der Waals surface area contributed by atoms with E-state index in [1.807, 2.05) is 64.1 Å². The number of fused-ring (bicyclic) bond motifs is 1. The highest BCUT2D eigenvalue weighted by Crippen LogP contribution is 2.19. The highest BCUT2D eigenvalue weighted by molar-refractivity contribution is 9.10. The topological polar surface area (TPSA) is 81.3 Å². The number of hydrogen-bond acceptors (Lipinski definition) is 4. The van der Waals surface area contributed by atoms with E-state index in [4.69, 9.17) is 0 Å². The Kier molecular flexibility index (Phi) is 6.29. The molecule has 7 nitrogen and oxygen atoms in total. The number of nitrogens with zero attached hydrogens (tertiary/aromatic N) is 4. The van der Waals surface area contributed by atoms with Gasteiger partial charge < -0.3 is 0 Å². The first kappa shape index (κ1) is 22.7. The second-order valence-electron chi connectivity index (χ2n) is 8.12. The molecule has 168 valence electrons. The molecule has 0 spiro atoms. The quantitative estimate of drug-likeness (QED) is 0.389. The van der Waals surface area contributed by atoms with E-state index in [-0.39, 0.29) is 17.4 Å². The molecule has 8 heteroatoms. The maximum absolute atomic E-state index is 13.2. The minimum atomic E-state index is -0.229. The van der Waals surface area contributed by atoms with Crippen LogP contribution in [0.25, 0.3) is 10.9 Å². The van der Waals surface area contributed by atoms with Gasteiger partial charge in [-0.25, -0.2) is 4.98 Å². The predicted molar refractivity (Wildman–Crippen MR) is 135 cm³/mol. The van der Waals surface area contributed by atoms with Crippen molar-refractivity contribution in [2.75, 3.05) is 5.43 Å². The fourth-order valence-electron chi connectivity index (χ4n) is 3.62. The van der Waals surface area contributed by atoms with Crippen LogP contribution in [0.3, 0.4) is 0 Å². The van der Waals surface area contributed by atoms with Crippen molar-refractivity contribution in [1.29, 1.82) is 0 Å². The first-order valence-corrected chi connectivity index (χ1v) is 11.4. The molecule has 1 amide bonds. The van der Waals surface area contributed by atoms with Crippen LogP contribution in [-0.4, -0.2) is 26.5 Å². The maximum atomic E-state index is 13.2. The lowest BCUT2D eigenvalue weighted by Crippen LogP contribution is -2.25. The molecule has 0 saturated heterocycles. The zero-order valence-electron chi connectivity index (χ0n) is 18.8. The van der Waals surface area contributed by atoms with Gasteiger partial charge in [0, 0.05) is 32.9 Å². The summed E-state index contributed by atoms with van der Waals surface area (Å²) in [6.07, 6.45) is 1.63. The lowest BCUT2D eigenvalue weighted by Gasteiger charge is -2.12. The number of carbonyl (C=O) groups excluding carboxylic acids is 1. The van der Waals surface area contributed by atoms with Crippen LogP contribution in [0.2, 0.25) is 0 Å². The lowest BCUT2D eigenvalue weighted by molar-refractivity contribution is 0.101. The average Bonchev–Trinajstić information content (AvgIpc) is 3.06. The van der Waals surface area contributed by atoms with Crippen LogP contribution >= 0.6 is 15.9 Å². The van der Waals surface area contributed by atoms with Crippen molar-refractivity contribution in [3.8, 4) is 0 Å². The van der Waals surface area contributed by atoms with Crippen molar-refractivity contribution in [2.45, 2.75) is 33.6 Å². The molecule has 2 aromatic heterocycles. The largest absolute Gasteiger partial charge is 0.282 e. The summed E-state index contributed by atoms with van der Waals surface area (Å²) < 4.78 is 3.88. The molecule has 2 heterocycles. The third-order valence-corrected chi connectivity index (χ3v) is 5.87. The number of carbonyl (C=O) groups is 1. The standard InChI is InChI=1S/C25H24BrN5O2/c1-15(2)23-28-22-11-10-20(26)13-21(22)25(33)31(23)27-14-19-12-16(3)30(17(19)4)29-24(32)18-8-6-5-7-9-18/h5-15H,1-4H3,(H,29,32).